The molecule has 1 heterocycles. The normalized spacial score (nSPS) is 9.76. The first-order valence-corrected chi connectivity index (χ1v) is 5.73. The highest BCUT2D eigenvalue weighted by Crippen LogP contribution is 2.13. The van der Waals surface area contributed by atoms with Crippen LogP contribution in [0.15, 0.2) is 33.4 Å². The first-order chi connectivity index (χ1) is 7.99. The van der Waals surface area contributed by atoms with Crippen LogP contribution in [0.1, 0.15) is 17.5 Å². The molecule has 0 aliphatic heterocycles. The van der Waals surface area contributed by atoms with Gasteiger partial charge in [-0.05, 0) is 35.0 Å². The fraction of sp³-hybridized carbons (Fsp3) is 0.273. The molecule has 1 aromatic rings. The number of nitrogens with one attached hydrogen (secondary N) is 2. The van der Waals surface area contributed by atoms with Crippen LogP contribution in [0.25, 0.3) is 0 Å². The molecular formula is C11H13BrN2O3. The topological polar surface area (TPSA) is 71.3 Å². The third-order valence-corrected chi connectivity index (χ3v) is 2.22. The van der Waals surface area contributed by atoms with Gasteiger partial charge in [0, 0.05) is 6.54 Å². The molecule has 0 fully saturated rings. The maximum atomic E-state index is 11.5. The number of halogens is 1. The standard InChI is InChI=1S/C11H13BrN2O3/c1-7(2)5-13-10(15)6-14-11(16)8-3-4-9(12)17-8/h3-4H,1,5-6H2,2H3,(H,13,15)(H,14,16). The third-order valence-electron chi connectivity index (χ3n) is 1.79. The minimum absolute atomic E-state index is 0.0928. The van der Waals surface area contributed by atoms with Crippen molar-refractivity contribution in [3.63, 3.8) is 0 Å². The van der Waals surface area contributed by atoms with Crippen molar-refractivity contribution < 1.29 is 14.0 Å². The largest absolute Gasteiger partial charge is 0.444 e. The second-order valence-corrected chi connectivity index (χ2v) is 4.30. The molecule has 2 N–H and O–H groups in total. The molecule has 0 bridgehead atoms. The maximum absolute atomic E-state index is 11.5. The number of amides is 2. The zero-order chi connectivity index (χ0) is 12.8. The van der Waals surface area contributed by atoms with Crippen molar-refractivity contribution in [2.24, 2.45) is 0 Å². The first kappa shape index (κ1) is 13.5. The van der Waals surface area contributed by atoms with Gasteiger partial charge in [0.1, 0.15) is 0 Å². The van der Waals surface area contributed by atoms with E-state index < -0.39 is 5.91 Å². The average Bonchev–Trinajstić information content (AvgIpc) is 2.70. The van der Waals surface area contributed by atoms with Crippen LogP contribution in [-0.2, 0) is 4.79 Å². The van der Waals surface area contributed by atoms with Crippen LogP contribution >= 0.6 is 15.9 Å². The number of rotatable bonds is 5. The van der Waals surface area contributed by atoms with Gasteiger partial charge in [-0.3, -0.25) is 9.59 Å². The summed E-state index contributed by atoms with van der Waals surface area (Å²) in [6.45, 7) is 5.77. The molecule has 0 aromatic carbocycles. The SMILES string of the molecule is C=C(C)CNC(=O)CNC(=O)c1ccc(Br)o1. The molecule has 0 saturated carbocycles. The molecule has 17 heavy (non-hydrogen) atoms. The highest BCUT2D eigenvalue weighted by Gasteiger charge is 2.11. The van der Waals surface area contributed by atoms with Gasteiger partial charge in [0.2, 0.25) is 5.91 Å². The van der Waals surface area contributed by atoms with Crippen molar-refractivity contribution in [1.29, 1.82) is 0 Å². The molecule has 0 unspecified atom stereocenters. The van der Waals surface area contributed by atoms with Crippen LogP contribution in [0, 0.1) is 0 Å². The molecule has 5 nitrogen and oxygen atoms in total. The van der Waals surface area contributed by atoms with E-state index in [2.05, 4.69) is 33.1 Å². The molecule has 0 saturated heterocycles. The molecule has 1 aromatic heterocycles. The zero-order valence-corrected chi connectivity index (χ0v) is 11.0. The smallest absolute Gasteiger partial charge is 0.287 e. The van der Waals surface area contributed by atoms with Gasteiger partial charge >= 0.3 is 0 Å². The summed E-state index contributed by atoms with van der Waals surface area (Å²) in [5, 5.41) is 5.04. The Kier molecular flexibility index (Phi) is 4.96. The van der Waals surface area contributed by atoms with Crippen molar-refractivity contribution in [1.82, 2.24) is 10.6 Å². The van der Waals surface area contributed by atoms with Crippen LogP contribution in [0.2, 0.25) is 0 Å². The summed E-state index contributed by atoms with van der Waals surface area (Å²) in [4.78, 5) is 22.8. The molecule has 0 aliphatic rings. The number of hydrogen-bond donors (Lipinski definition) is 2. The summed E-state index contributed by atoms with van der Waals surface area (Å²) in [7, 11) is 0. The second-order valence-electron chi connectivity index (χ2n) is 3.52. The van der Waals surface area contributed by atoms with E-state index in [0.717, 1.165) is 5.57 Å². The lowest BCUT2D eigenvalue weighted by Gasteiger charge is -2.05. The predicted octanol–water partition coefficient (Wildman–Crippen LogP) is 1.46. The Balaban J connectivity index is 2.33. The summed E-state index contributed by atoms with van der Waals surface area (Å²) < 4.78 is 5.50. The van der Waals surface area contributed by atoms with Crippen LogP contribution in [-0.4, -0.2) is 24.9 Å². The average molecular weight is 301 g/mol. The monoisotopic (exact) mass is 300 g/mol. The lowest BCUT2D eigenvalue weighted by Crippen LogP contribution is -2.37. The summed E-state index contributed by atoms with van der Waals surface area (Å²) in [6.07, 6.45) is 0. The van der Waals surface area contributed by atoms with E-state index in [1.165, 1.54) is 6.07 Å². The number of hydrogen-bond acceptors (Lipinski definition) is 3. The van der Waals surface area contributed by atoms with Gasteiger partial charge in [0.25, 0.3) is 5.91 Å². The highest BCUT2D eigenvalue weighted by molar-refractivity contribution is 9.10. The van der Waals surface area contributed by atoms with Gasteiger partial charge in [0.05, 0.1) is 6.54 Å². The minimum atomic E-state index is -0.429. The quantitative estimate of drug-likeness (QED) is 0.809. The van der Waals surface area contributed by atoms with E-state index in [1.807, 2.05) is 0 Å². The summed E-state index contributed by atoms with van der Waals surface area (Å²) in [5.74, 6) is -0.544. The van der Waals surface area contributed by atoms with Crippen molar-refractivity contribution in [2.75, 3.05) is 13.1 Å². The van der Waals surface area contributed by atoms with Crippen LogP contribution in [0.4, 0.5) is 0 Å². The van der Waals surface area contributed by atoms with Gasteiger partial charge in [-0.15, -0.1) is 0 Å². The highest BCUT2D eigenvalue weighted by atomic mass is 79.9. The zero-order valence-electron chi connectivity index (χ0n) is 9.38. The molecule has 0 radical (unpaired) electrons. The Labute approximate surface area is 107 Å². The van der Waals surface area contributed by atoms with Gasteiger partial charge < -0.3 is 15.1 Å². The predicted molar refractivity (Wildman–Crippen MR) is 66.6 cm³/mol. The van der Waals surface area contributed by atoms with Crippen LogP contribution < -0.4 is 10.6 Å². The number of carbonyl (C=O) groups is 2. The van der Waals surface area contributed by atoms with Gasteiger partial charge in [-0.2, -0.15) is 0 Å². The molecule has 1 rings (SSSR count). The maximum Gasteiger partial charge on any atom is 0.287 e. The second kappa shape index (κ2) is 6.24. The lowest BCUT2D eigenvalue weighted by molar-refractivity contribution is -0.119. The van der Waals surface area contributed by atoms with Crippen LogP contribution in [0.3, 0.4) is 0 Å². The molecule has 92 valence electrons. The van der Waals surface area contributed by atoms with Gasteiger partial charge in [-0.1, -0.05) is 12.2 Å². The molecule has 2 amide bonds. The van der Waals surface area contributed by atoms with Crippen molar-refractivity contribution in [2.45, 2.75) is 6.92 Å². The van der Waals surface area contributed by atoms with E-state index in [-0.39, 0.29) is 18.2 Å². The number of carbonyl (C=O) groups excluding carboxylic acids is 2. The van der Waals surface area contributed by atoms with E-state index in [0.29, 0.717) is 11.2 Å². The Morgan fingerprint density at radius 3 is 2.59 bits per heavy atom. The molecule has 0 aliphatic carbocycles. The van der Waals surface area contributed by atoms with Crippen molar-refractivity contribution in [3.05, 3.63) is 34.7 Å². The minimum Gasteiger partial charge on any atom is -0.444 e. The van der Waals surface area contributed by atoms with E-state index in [4.69, 9.17) is 4.42 Å². The molecule has 0 spiro atoms. The summed E-state index contributed by atoms with van der Waals surface area (Å²) >= 11 is 3.09. The molecular weight excluding hydrogens is 288 g/mol. The Hall–Kier alpha value is -1.56. The third kappa shape index (κ3) is 4.86. The van der Waals surface area contributed by atoms with Crippen molar-refractivity contribution in [3.8, 4) is 0 Å². The Morgan fingerprint density at radius 2 is 2.06 bits per heavy atom. The van der Waals surface area contributed by atoms with Gasteiger partial charge in [0.15, 0.2) is 10.4 Å². The van der Waals surface area contributed by atoms with Crippen molar-refractivity contribution >= 4 is 27.7 Å². The number of furan rings is 1. The Morgan fingerprint density at radius 1 is 1.35 bits per heavy atom. The van der Waals surface area contributed by atoms with E-state index in [9.17, 15) is 9.59 Å². The van der Waals surface area contributed by atoms with E-state index >= 15 is 0 Å². The fourth-order valence-corrected chi connectivity index (χ4v) is 1.30. The Bertz CT molecular complexity index is 440. The fourth-order valence-electron chi connectivity index (χ4n) is 0.996. The van der Waals surface area contributed by atoms with E-state index in [1.54, 1.807) is 13.0 Å². The molecule has 6 heteroatoms. The van der Waals surface area contributed by atoms with Gasteiger partial charge in [-0.25, -0.2) is 0 Å². The lowest BCUT2D eigenvalue weighted by atomic mass is 10.3. The molecule has 0 atom stereocenters. The summed E-state index contributed by atoms with van der Waals surface area (Å²) in [5.41, 5.74) is 0.847. The van der Waals surface area contributed by atoms with Crippen LogP contribution in [0.5, 0.6) is 0 Å². The summed E-state index contributed by atoms with van der Waals surface area (Å²) in [6, 6.07) is 3.13. The first-order valence-electron chi connectivity index (χ1n) is 4.93.